The van der Waals surface area contributed by atoms with Crippen LogP contribution in [0.25, 0.3) is 183 Å². The van der Waals surface area contributed by atoms with Crippen molar-refractivity contribution in [2.75, 3.05) is 9.80 Å². The van der Waals surface area contributed by atoms with Gasteiger partial charge in [-0.25, -0.2) is 0 Å². The highest BCUT2D eigenvalue weighted by Crippen LogP contribution is 2.51. The molecule has 0 aliphatic carbocycles. The quantitative estimate of drug-likeness (QED) is 0.137. The second kappa shape index (κ2) is 26.2. The van der Waals surface area contributed by atoms with Gasteiger partial charge in [-0.2, -0.15) is 0 Å². The first-order valence-electron chi connectivity index (χ1n) is 38.5. The molecule has 7 heteroatoms. The lowest BCUT2D eigenvalue weighted by molar-refractivity contribution is 0.669. The Balaban J connectivity index is 0.000000134. The number of hydrogen-bond acceptors (Lipinski definition) is 5. The van der Waals surface area contributed by atoms with Gasteiger partial charge in [-0.15, -0.1) is 22.7 Å². The van der Waals surface area contributed by atoms with Crippen LogP contribution in [-0.2, 0) is 0 Å². The van der Waals surface area contributed by atoms with E-state index in [9.17, 15) is 0 Å². The van der Waals surface area contributed by atoms with Crippen LogP contribution in [0.2, 0.25) is 0 Å². The van der Waals surface area contributed by atoms with Crippen LogP contribution in [0.4, 0.5) is 34.1 Å². The average molecular weight is 1480 g/mol. The van der Waals surface area contributed by atoms with Crippen molar-refractivity contribution in [2.45, 2.75) is 0 Å². The molecule has 113 heavy (non-hydrogen) atoms. The van der Waals surface area contributed by atoms with E-state index in [2.05, 4.69) is 419 Å². The lowest BCUT2D eigenvalue weighted by Gasteiger charge is -2.28. The highest BCUT2D eigenvalue weighted by Gasteiger charge is 2.25. The Bertz CT molecular complexity index is 7850. The maximum Gasteiger partial charge on any atom is 0.135 e. The normalized spacial score (nSPS) is 11.9. The van der Waals surface area contributed by atoms with Crippen LogP contribution in [0.5, 0.6) is 0 Å². The second-order valence-corrected chi connectivity index (χ2v) is 31.6. The molecule has 19 aromatic carbocycles. The lowest BCUT2D eigenvalue weighted by Crippen LogP contribution is -2.10. The summed E-state index contributed by atoms with van der Waals surface area (Å²) in [6.07, 6.45) is 0. The average Bonchev–Trinajstić information content (AvgIpc) is 1.41. The van der Waals surface area contributed by atoms with E-state index in [-0.39, 0.29) is 0 Å². The van der Waals surface area contributed by atoms with Gasteiger partial charge in [0.1, 0.15) is 11.2 Å². The van der Waals surface area contributed by atoms with Crippen LogP contribution >= 0.6 is 22.7 Å². The molecule has 0 aliphatic rings. The molecule has 0 atom stereocenters. The maximum absolute atomic E-state index is 6.52. The predicted molar refractivity (Wildman–Crippen MR) is 485 cm³/mol. The number of fused-ring (bicyclic) bond motifs is 21. The fourth-order valence-corrected chi connectivity index (χ4v) is 20.2. The van der Waals surface area contributed by atoms with Gasteiger partial charge in [0.05, 0.1) is 33.4 Å². The topological polar surface area (TPSA) is 29.5 Å². The van der Waals surface area contributed by atoms with Gasteiger partial charge in [0, 0.05) is 118 Å². The third kappa shape index (κ3) is 10.7. The monoisotopic (exact) mass is 1470 g/mol. The zero-order chi connectivity index (χ0) is 74.2. The minimum Gasteiger partial charge on any atom is -0.456 e. The summed E-state index contributed by atoms with van der Waals surface area (Å²) < 4.78 is 16.5. The fourth-order valence-electron chi connectivity index (χ4n) is 17.9. The smallest absolute Gasteiger partial charge is 0.135 e. The fraction of sp³-hybridized carbons (Fsp3) is 0. The molecule has 0 unspecified atom stereocenters. The lowest BCUT2D eigenvalue weighted by atomic mass is 9.97. The van der Waals surface area contributed by atoms with Crippen LogP contribution in [0.1, 0.15) is 0 Å². The van der Waals surface area contributed by atoms with E-state index in [1.807, 2.05) is 22.7 Å². The molecule has 5 aromatic heterocycles. The molecule has 0 saturated heterocycles. The molecule has 24 aromatic rings. The van der Waals surface area contributed by atoms with Crippen LogP contribution in [0.15, 0.2) is 405 Å². The van der Waals surface area contributed by atoms with Crippen LogP contribution in [-0.4, -0.2) is 9.13 Å². The van der Waals surface area contributed by atoms with Gasteiger partial charge < -0.3 is 23.4 Å². The van der Waals surface area contributed by atoms with E-state index in [0.29, 0.717) is 0 Å². The Labute approximate surface area is 658 Å². The molecular weight excluding hydrogens is 1410 g/mol. The van der Waals surface area contributed by atoms with Gasteiger partial charge in [0.2, 0.25) is 0 Å². The number of benzene rings is 19. The van der Waals surface area contributed by atoms with E-state index in [0.717, 1.165) is 56.1 Å². The summed E-state index contributed by atoms with van der Waals surface area (Å²) >= 11 is 3.75. The van der Waals surface area contributed by atoms with Crippen molar-refractivity contribution in [1.82, 2.24) is 9.13 Å². The van der Waals surface area contributed by atoms with E-state index in [1.54, 1.807) is 0 Å². The Hall–Kier alpha value is -14.3. The molecular formula is C106H66N4OS2. The summed E-state index contributed by atoms with van der Waals surface area (Å²) in [5.41, 5.74) is 20.4. The van der Waals surface area contributed by atoms with Crippen molar-refractivity contribution in [1.29, 1.82) is 0 Å². The molecule has 0 fully saturated rings. The summed E-state index contributed by atoms with van der Waals surface area (Å²) in [4.78, 5) is 4.85. The first kappa shape index (κ1) is 64.6. The molecule has 5 nitrogen and oxygen atoms in total. The molecule has 0 saturated carbocycles. The van der Waals surface area contributed by atoms with Crippen molar-refractivity contribution in [2.24, 2.45) is 0 Å². The number of furan rings is 1. The molecule has 0 aliphatic heterocycles. The van der Waals surface area contributed by atoms with Crippen molar-refractivity contribution in [3.8, 4) is 33.6 Å². The first-order chi connectivity index (χ1) is 56.0. The second-order valence-electron chi connectivity index (χ2n) is 29.4. The van der Waals surface area contributed by atoms with Gasteiger partial charge in [0.15, 0.2) is 0 Å². The van der Waals surface area contributed by atoms with Crippen molar-refractivity contribution in [3.63, 3.8) is 0 Å². The first-order valence-corrected chi connectivity index (χ1v) is 40.1. The van der Waals surface area contributed by atoms with Gasteiger partial charge in [0.25, 0.3) is 0 Å². The summed E-state index contributed by atoms with van der Waals surface area (Å²) in [7, 11) is 0. The Morgan fingerprint density at radius 1 is 0.212 bits per heavy atom. The van der Waals surface area contributed by atoms with Crippen molar-refractivity contribution in [3.05, 3.63) is 400 Å². The highest BCUT2D eigenvalue weighted by molar-refractivity contribution is 7.26. The zero-order valence-corrected chi connectivity index (χ0v) is 62.8. The number of thiophene rings is 2. The molecule has 5 heterocycles. The van der Waals surface area contributed by atoms with Gasteiger partial charge >= 0.3 is 0 Å². The minimum absolute atomic E-state index is 0.870. The summed E-state index contributed by atoms with van der Waals surface area (Å²) in [5.74, 6) is 0. The summed E-state index contributed by atoms with van der Waals surface area (Å²) in [6.45, 7) is 0. The number of anilines is 6. The van der Waals surface area contributed by atoms with E-state index >= 15 is 0 Å². The highest BCUT2D eigenvalue weighted by atomic mass is 32.1. The maximum atomic E-state index is 6.52. The SMILES string of the molecule is c1ccc(-c2ccc(N(c3ccc4ccccc4c3)c3cc4sc5cc(-n6c7ccccc7c7ccccc76)c6ccccc6c5c4c4ccccc34)cc2)cc1.c1ccc(-c2ccc3cc(N(c4ccc5oc6ccc(-n7c8ccccc8c8ccccc87)cc6c5c4)c4ccc5sc6ccccc6c5c4)ccc3c2)cc1. The number of nitrogens with zero attached hydrogens (tertiary/aromatic N) is 4. The number of rotatable bonds is 10. The van der Waals surface area contributed by atoms with Crippen molar-refractivity contribution >= 4 is 206 Å². The standard InChI is InChI=1S/C54H34N2S.C52H32N2OS/c1-2-14-35(15-3-1)37-26-29-39(30-27-37)55(40-31-28-36-16-4-5-17-38(36)32-40)49-33-51-53(45-22-8-6-20-43(45)49)54-46-23-9-7-21-44(46)50(34-52(54)57-51)56-47-24-12-10-18-41(47)42-19-11-13-25-48(42)56;1-2-10-33(11-3-1)34-18-19-36-29-37(21-20-35(36)28-34)53(39-24-27-52-46(32-39)43-14-6-9-17-51(43)56-52)38-22-25-49-44(30-38)45-31-40(23-26-50(45)55-49)54-47-15-7-4-12-41(47)42-13-5-8-16-48(42)54/h1-34H;1-32H. The Morgan fingerprint density at radius 2 is 0.619 bits per heavy atom. The van der Waals surface area contributed by atoms with Gasteiger partial charge in [-0.1, -0.05) is 261 Å². The van der Waals surface area contributed by atoms with E-state index in [4.69, 9.17) is 4.42 Å². The van der Waals surface area contributed by atoms with E-state index in [1.165, 1.54) is 161 Å². The third-order valence-electron chi connectivity index (χ3n) is 23.1. The molecule has 0 N–H and O–H groups in total. The zero-order valence-electron chi connectivity index (χ0n) is 61.1. The van der Waals surface area contributed by atoms with Crippen molar-refractivity contribution < 1.29 is 4.42 Å². The molecule has 0 radical (unpaired) electrons. The largest absolute Gasteiger partial charge is 0.456 e. The van der Waals surface area contributed by atoms with Crippen LogP contribution in [0.3, 0.4) is 0 Å². The Kier molecular flexibility index (Phi) is 15.0. The molecule has 528 valence electrons. The third-order valence-corrected chi connectivity index (χ3v) is 25.3. The van der Waals surface area contributed by atoms with Crippen LogP contribution < -0.4 is 9.80 Å². The molecule has 0 spiro atoms. The Morgan fingerprint density at radius 3 is 1.28 bits per heavy atom. The van der Waals surface area contributed by atoms with Gasteiger partial charge in [-0.05, 0) is 194 Å². The number of aromatic nitrogens is 2. The predicted octanol–water partition coefficient (Wildman–Crippen LogP) is 31.1. The molecule has 24 rings (SSSR count). The van der Waals surface area contributed by atoms with E-state index < -0.39 is 0 Å². The minimum atomic E-state index is 0.870. The number of para-hydroxylation sites is 4. The molecule has 0 bridgehead atoms. The summed E-state index contributed by atoms with van der Waals surface area (Å²) in [5, 5.41) is 22.3. The summed E-state index contributed by atoms with van der Waals surface area (Å²) in [6, 6.07) is 146. The van der Waals surface area contributed by atoms with Crippen LogP contribution in [0, 0.1) is 0 Å². The van der Waals surface area contributed by atoms with Gasteiger partial charge in [-0.3, -0.25) is 0 Å². The number of hydrogen-bond donors (Lipinski definition) is 0. The molecule has 0 amide bonds.